The monoisotopic (exact) mass is 1080 g/mol. The molecule has 0 aliphatic rings. The van der Waals surface area contributed by atoms with Gasteiger partial charge >= 0.3 is 13.8 Å². The summed E-state index contributed by atoms with van der Waals surface area (Å²) in [7, 11) is 1.47. The fraction of sp³-hybridized carbons (Fsp3) is 0.758. The number of allylic oxidation sites excluding steroid dienone is 13. The number of hydrogen-bond acceptors (Lipinski definition) is 6. The first kappa shape index (κ1) is 73.2. The Morgan fingerprint density at radius 3 is 1.28 bits per heavy atom. The van der Waals surface area contributed by atoms with Gasteiger partial charge in [0, 0.05) is 12.8 Å². The highest BCUT2D eigenvalue weighted by Gasteiger charge is 2.30. The van der Waals surface area contributed by atoms with Crippen LogP contribution in [-0.2, 0) is 27.9 Å². The highest BCUT2D eigenvalue weighted by molar-refractivity contribution is 7.47. The van der Waals surface area contributed by atoms with E-state index in [0.717, 1.165) is 122 Å². The molecule has 0 aliphatic heterocycles. The number of quaternary nitrogens is 1. The predicted molar refractivity (Wildman–Crippen MR) is 328 cm³/mol. The van der Waals surface area contributed by atoms with E-state index in [4.69, 9.17) is 13.8 Å². The van der Waals surface area contributed by atoms with Crippen LogP contribution in [-0.4, -0.2) is 74.3 Å². The average Bonchev–Trinajstić information content (AvgIpc) is 3.38. The van der Waals surface area contributed by atoms with Crippen LogP contribution in [0.2, 0.25) is 0 Å². The zero-order chi connectivity index (χ0) is 55.7. The molecule has 0 bridgehead atoms. The third-order valence-electron chi connectivity index (χ3n) is 13.6. The highest BCUT2D eigenvalue weighted by Crippen LogP contribution is 2.43. The molecule has 2 N–H and O–H groups in total. The number of amides is 1. The molecule has 0 saturated carbocycles. The van der Waals surface area contributed by atoms with Crippen molar-refractivity contribution in [2.45, 2.75) is 283 Å². The van der Waals surface area contributed by atoms with Gasteiger partial charge in [0.2, 0.25) is 5.91 Å². The number of nitrogens with one attached hydrogen (secondary N) is 1. The Morgan fingerprint density at radius 1 is 0.474 bits per heavy atom. The lowest BCUT2D eigenvalue weighted by molar-refractivity contribution is -0.870. The molecule has 0 aromatic carbocycles. The molecule has 440 valence electrons. The van der Waals surface area contributed by atoms with Gasteiger partial charge in [-0.2, -0.15) is 0 Å². The minimum atomic E-state index is -4.46. The molecular weight excluding hydrogens is 964 g/mol. The lowest BCUT2D eigenvalue weighted by atomic mass is 10.0. The summed E-state index contributed by atoms with van der Waals surface area (Å²) >= 11 is 0. The van der Waals surface area contributed by atoms with Gasteiger partial charge in [-0.15, -0.1) is 0 Å². The van der Waals surface area contributed by atoms with Gasteiger partial charge in [-0.05, 0) is 102 Å². The maximum atomic E-state index is 13.5. The van der Waals surface area contributed by atoms with Gasteiger partial charge < -0.3 is 19.4 Å². The topological polar surface area (TPSA) is 111 Å². The molecule has 3 unspecified atom stereocenters. The third kappa shape index (κ3) is 55.9. The van der Waals surface area contributed by atoms with E-state index in [9.17, 15) is 19.0 Å². The second kappa shape index (κ2) is 55.5. The number of hydrogen-bond donors (Lipinski definition) is 2. The summed E-state index contributed by atoms with van der Waals surface area (Å²) in [5.74, 6) is -0.532. The van der Waals surface area contributed by atoms with E-state index in [1.165, 1.54) is 116 Å². The molecule has 3 atom stereocenters. The van der Waals surface area contributed by atoms with Crippen molar-refractivity contribution in [1.82, 2.24) is 5.32 Å². The van der Waals surface area contributed by atoms with Gasteiger partial charge in [0.25, 0.3) is 0 Å². The van der Waals surface area contributed by atoms with E-state index in [1.54, 1.807) is 0 Å². The van der Waals surface area contributed by atoms with Crippen molar-refractivity contribution >= 4 is 19.7 Å². The predicted octanol–water partition coefficient (Wildman–Crippen LogP) is 19.4. The summed E-state index contributed by atoms with van der Waals surface area (Å²) in [6, 6.07) is -0.864. The van der Waals surface area contributed by atoms with Crippen LogP contribution in [0.25, 0.3) is 0 Å². The van der Waals surface area contributed by atoms with Crippen molar-refractivity contribution in [2.75, 3.05) is 40.9 Å². The van der Waals surface area contributed by atoms with E-state index >= 15 is 0 Å². The summed E-state index contributed by atoms with van der Waals surface area (Å²) in [6.45, 7) is 6.88. The summed E-state index contributed by atoms with van der Waals surface area (Å²) in [4.78, 5) is 37.7. The van der Waals surface area contributed by atoms with Crippen LogP contribution in [0.4, 0.5) is 0 Å². The Labute approximate surface area is 469 Å². The number of carbonyl (C=O) groups excluding carboxylic acids is 2. The Bertz CT molecular complexity index is 1580. The largest absolute Gasteiger partial charge is 0.472 e. The average molecular weight is 1080 g/mol. The van der Waals surface area contributed by atoms with Crippen LogP contribution in [0.5, 0.6) is 0 Å². The lowest BCUT2D eigenvalue weighted by Gasteiger charge is -2.27. The van der Waals surface area contributed by atoms with Gasteiger partial charge in [0.05, 0.1) is 33.8 Å². The van der Waals surface area contributed by atoms with E-state index in [2.05, 4.69) is 99.0 Å². The first-order chi connectivity index (χ1) is 36.9. The van der Waals surface area contributed by atoms with Gasteiger partial charge in [0.15, 0.2) is 0 Å². The van der Waals surface area contributed by atoms with Crippen LogP contribution in [0.1, 0.15) is 271 Å². The van der Waals surface area contributed by atoms with Crippen molar-refractivity contribution in [2.24, 2.45) is 0 Å². The van der Waals surface area contributed by atoms with Crippen molar-refractivity contribution in [3.05, 3.63) is 85.1 Å². The fourth-order valence-electron chi connectivity index (χ4n) is 8.73. The highest BCUT2D eigenvalue weighted by atomic mass is 31.2. The van der Waals surface area contributed by atoms with Gasteiger partial charge in [-0.3, -0.25) is 18.6 Å². The number of carbonyl (C=O) groups is 2. The van der Waals surface area contributed by atoms with Crippen LogP contribution in [0.3, 0.4) is 0 Å². The second-order valence-electron chi connectivity index (χ2n) is 22.2. The second-order valence-corrected chi connectivity index (χ2v) is 23.6. The summed E-state index contributed by atoms with van der Waals surface area (Å²) in [6.07, 6.45) is 72.9. The van der Waals surface area contributed by atoms with Crippen molar-refractivity contribution in [1.29, 1.82) is 0 Å². The molecule has 0 rings (SSSR count). The third-order valence-corrected chi connectivity index (χ3v) is 14.6. The number of likely N-dealkylation sites (N-methyl/N-ethyl adjacent to an activating group) is 1. The fourth-order valence-corrected chi connectivity index (χ4v) is 9.46. The molecule has 0 radical (unpaired) electrons. The first-order valence-corrected chi connectivity index (χ1v) is 32.9. The maximum Gasteiger partial charge on any atom is 0.472 e. The quantitative estimate of drug-likeness (QED) is 0.0205. The van der Waals surface area contributed by atoms with Gasteiger partial charge in [-0.25, -0.2) is 4.57 Å². The Kier molecular flexibility index (Phi) is 53.5. The van der Waals surface area contributed by atoms with Crippen molar-refractivity contribution in [3.63, 3.8) is 0 Å². The van der Waals surface area contributed by atoms with E-state index in [1.807, 2.05) is 33.3 Å². The summed E-state index contributed by atoms with van der Waals surface area (Å²) in [5, 5.41) is 3.05. The molecule has 0 fully saturated rings. The zero-order valence-electron chi connectivity index (χ0n) is 50.2. The number of phosphoric ester groups is 1. The number of nitrogens with zero attached hydrogens (tertiary/aromatic N) is 1. The van der Waals surface area contributed by atoms with Gasteiger partial charge in [-0.1, -0.05) is 241 Å². The number of ether oxygens (including phenoxy) is 1. The number of unbranched alkanes of at least 4 members (excludes halogenated alkanes) is 28. The summed E-state index contributed by atoms with van der Waals surface area (Å²) < 4.78 is 30.7. The normalized spacial score (nSPS) is 14.2. The molecule has 0 heterocycles. The van der Waals surface area contributed by atoms with E-state index in [0.29, 0.717) is 17.4 Å². The molecule has 1 amide bonds. The molecule has 0 saturated heterocycles. The maximum absolute atomic E-state index is 13.5. The van der Waals surface area contributed by atoms with E-state index in [-0.39, 0.29) is 31.5 Å². The molecule has 9 nitrogen and oxygen atoms in total. The van der Waals surface area contributed by atoms with Crippen LogP contribution in [0, 0.1) is 0 Å². The molecule has 0 spiro atoms. The van der Waals surface area contributed by atoms with Crippen LogP contribution >= 0.6 is 7.82 Å². The molecular formula is C66H120N2O7P+. The molecule has 10 heteroatoms. The standard InChI is InChI=1S/C66H119N2O7P/c1-7-10-13-16-19-22-25-28-30-32-33-34-35-37-38-40-43-46-49-52-55-58-65(69)67-63(62-74-76(71,72)73-61-60-68(4,5)6)64(57-54-51-48-45-42-27-24-21-18-15-12-9-3)75-66(70)59-56-53-50-47-44-41-39-36-31-29-26-23-20-17-14-11-8-2/h10,13,19,22,28-31,33-34,37-38,54,57,63-64H,7-9,11-12,14-18,20-21,23-27,32,35-36,39-53,55-56,58-62H2,1-6H3,(H-,67,69,71,72)/p+1/b13-10-,22-19-,30-28-,31-29+,34-33-,38-37-,57-54-. The Hall–Kier alpha value is -2.81. The minimum absolute atomic E-state index is 0.0322. The zero-order valence-corrected chi connectivity index (χ0v) is 51.1. The van der Waals surface area contributed by atoms with Crippen molar-refractivity contribution in [3.8, 4) is 0 Å². The first-order valence-electron chi connectivity index (χ1n) is 31.4. The molecule has 0 aromatic heterocycles. The lowest BCUT2D eigenvalue weighted by Crippen LogP contribution is -2.47. The molecule has 76 heavy (non-hydrogen) atoms. The van der Waals surface area contributed by atoms with Crippen molar-refractivity contribution < 1.29 is 37.3 Å². The van der Waals surface area contributed by atoms with Crippen LogP contribution in [0.15, 0.2) is 85.1 Å². The number of rotatable bonds is 56. The number of esters is 1. The Balaban J connectivity index is 5.29. The summed E-state index contributed by atoms with van der Waals surface area (Å²) in [5.41, 5.74) is 0. The molecule has 0 aliphatic carbocycles. The Morgan fingerprint density at radius 2 is 0.842 bits per heavy atom. The minimum Gasteiger partial charge on any atom is -0.456 e. The van der Waals surface area contributed by atoms with Gasteiger partial charge in [0.1, 0.15) is 19.3 Å². The van der Waals surface area contributed by atoms with Crippen LogP contribution < -0.4 is 5.32 Å². The van der Waals surface area contributed by atoms with E-state index < -0.39 is 20.0 Å². The molecule has 0 aromatic rings. The smallest absolute Gasteiger partial charge is 0.456 e. The number of phosphoric acid groups is 1. The SMILES string of the molecule is CC/C=C\C/C=C\C/C=C\C/C=C\C/C=C\CCCCCCCC(=O)NC(COP(=O)(O)OCC[N+](C)(C)C)C(/C=C\CCCCCCCCCCCC)OC(=O)CCCCCCCCC/C=C/CCCCCCCC.